The van der Waals surface area contributed by atoms with Gasteiger partial charge in [0.05, 0.1) is 20.9 Å². The molecule has 0 atom stereocenters. The van der Waals surface area contributed by atoms with E-state index >= 15 is 0 Å². The van der Waals surface area contributed by atoms with Crippen molar-refractivity contribution in [2.45, 2.75) is 9.79 Å². The van der Waals surface area contributed by atoms with Gasteiger partial charge < -0.3 is 10.2 Å². The zero-order chi connectivity index (χ0) is 15.6. The summed E-state index contributed by atoms with van der Waals surface area (Å²) < 4.78 is 25.1. The van der Waals surface area contributed by atoms with Gasteiger partial charge in [0.25, 0.3) is 0 Å². The third-order valence-electron chi connectivity index (χ3n) is 2.81. The van der Waals surface area contributed by atoms with Gasteiger partial charge >= 0.3 is 11.9 Å². The number of carboxylic acids is 2. The Morgan fingerprint density at radius 2 is 1.05 bits per heavy atom. The Balaban J connectivity index is 0.00000242. The molecular weight excluding hydrogens is 362 g/mol. The first-order valence-corrected chi connectivity index (χ1v) is 7.23. The van der Waals surface area contributed by atoms with Gasteiger partial charge in [-0.15, -0.1) is 0 Å². The van der Waals surface area contributed by atoms with Crippen molar-refractivity contribution in [1.82, 2.24) is 0 Å². The van der Waals surface area contributed by atoms with E-state index in [1.165, 1.54) is 24.3 Å². The van der Waals surface area contributed by atoms with Crippen LogP contribution in [-0.4, -0.2) is 30.6 Å². The molecule has 6 nitrogen and oxygen atoms in total. The molecule has 2 aromatic carbocycles. The summed E-state index contributed by atoms with van der Waals surface area (Å²) in [6.07, 6.45) is 0. The summed E-state index contributed by atoms with van der Waals surface area (Å²) in [5.41, 5.74) is -0.810. The van der Waals surface area contributed by atoms with Gasteiger partial charge in [-0.3, -0.25) is 0 Å². The normalized spacial score (nSPS) is 10.5. The molecule has 0 saturated carbocycles. The summed E-state index contributed by atoms with van der Waals surface area (Å²) in [5.74, 6) is -2.80. The number of carboxylic acid groups (broad SMARTS) is 2. The molecule has 0 fully saturated rings. The molecule has 0 unspecified atom stereocenters. The Bertz CT molecular complexity index is 765. The second kappa shape index (κ2) is 6.81. The van der Waals surface area contributed by atoms with E-state index in [4.69, 9.17) is 10.2 Å². The summed E-state index contributed by atoms with van der Waals surface area (Å²) >= 11 is 0. The van der Waals surface area contributed by atoms with E-state index in [9.17, 15) is 18.0 Å². The maximum Gasteiger partial charge on any atom is 0.337 e. The quantitative estimate of drug-likeness (QED) is 0.795. The van der Waals surface area contributed by atoms with Crippen LogP contribution in [-0.2, 0) is 29.3 Å². The fourth-order valence-corrected chi connectivity index (χ4v) is 3.52. The van der Waals surface area contributed by atoms with Crippen molar-refractivity contribution < 1.29 is 47.7 Å². The standard InChI is InChI=1S/C14H10O6S.Zn/c15-13(16)9-5-1-3-7-11(9)21(19,20)12-8-4-2-6-10(12)14(17)18;/h1-8H,(H,15,16)(H,17,18);. The number of hydrogen-bond acceptors (Lipinski definition) is 4. The minimum Gasteiger partial charge on any atom is -0.478 e. The number of rotatable bonds is 4. The molecule has 22 heavy (non-hydrogen) atoms. The zero-order valence-corrected chi connectivity index (χ0v) is 15.0. The second-order valence-corrected chi connectivity index (χ2v) is 5.99. The molecular formula is C14H10O6SZn. The van der Waals surface area contributed by atoms with Crippen LogP contribution in [0, 0.1) is 0 Å². The largest absolute Gasteiger partial charge is 0.478 e. The SMILES string of the molecule is O=C(O)c1ccccc1S(=O)(=O)c1ccccc1C(=O)O.[Zn]. The minimum atomic E-state index is -4.25. The van der Waals surface area contributed by atoms with Crippen molar-refractivity contribution >= 4 is 21.8 Å². The summed E-state index contributed by atoms with van der Waals surface area (Å²) in [5, 5.41) is 18.1. The van der Waals surface area contributed by atoms with Crippen LogP contribution in [0.1, 0.15) is 20.7 Å². The van der Waals surface area contributed by atoms with Crippen molar-refractivity contribution in [1.29, 1.82) is 0 Å². The van der Waals surface area contributed by atoms with Crippen LogP contribution >= 0.6 is 0 Å². The smallest absolute Gasteiger partial charge is 0.337 e. The summed E-state index contributed by atoms with van der Waals surface area (Å²) in [6.45, 7) is 0. The molecule has 0 heterocycles. The molecule has 0 aromatic heterocycles. The van der Waals surface area contributed by atoms with E-state index in [-0.39, 0.29) is 19.5 Å². The number of aromatic carboxylic acids is 2. The van der Waals surface area contributed by atoms with Crippen LogP contribution in [0.5, 0.6) is 0 Å². The fourth-order valence-electron chi connectivity index (χ4n) is 1.87. The molecule has 0 aliphatic carbocycles. The van der Waals surface area contributed by atoms with Crippen molar-refractivity contribution in [3.8, 4) is 0 Å². The molecule has 0 aliphatic rings. The molecule has 0 spiro atoms. The first-order valence-electron chi connectivity index (χ1n) is 5.75. The third kappa shape index (κ3) is 3.23. The average Bonchev–Trinajstić information content (AvgIpc) is 2.47. The summed E-state index contributed by atoms with van der Waals surface area (Å²) in [6, 6.07) is 10.1. The van der Waals surface area contributed by atoms with Crippen LogP contribution in [0.25, 0.3) is 0 Å². The molecule has 110 valence electrons. The van der Waals surface area contributed by atoms with Gasteiger partial charge in [-0.25, -0.2) is 18.0 Å². The monoisotopic (exact) mass is 370 g/mol. The predicted octanol–water partition coefficient (Wildman–Crippen LogP) is 1.91. The number of carbonyl (C=O) groups is 2. The maximum atomic E-state index is 12.6. The van der Waals surface area contributed by atoms with Gasteiger partial charge in [-0.2, -0.15) is 0 Å². The Morgan fingerprint density at radius 1 is 0.727 bits per heavy atom. The van der Waals surface area contributed by atoms with Crippen molar-refractivity contribution in [3.63, 3.8) is 0 Å². The number of sulfone groups is 1. The Kier molecular flexibility index (Phi) is 5.57. The second-order valence-electron chi connectivity index (χ2n) is 4.11. The van der Waals surface area contributed by atoms with Gasteiger partial charge in [-0.05, 0) is 24.3 Å². The fraction of sp³-hybridized carbons (Fsp3) is 0. The third-order valence-corrected chi connectivity index (χ3v) is 4.68. The van der Waals surface area contributed by atoms with Gasteiger partial charge in [0.2, 0.25) is 9.84 Å². The van der Waals surface area contributed by atoms with E-state index in [2.05, 4.69) is 0 Å². The van der Waals surface area contributed by atoms with Gasteiger partial charge in [-0.1, -0.05) is 24.3 Å². The molecule has 0 bridgehead atoms. The molecule has 0 radical (unpaired) electrons. The van der Waals surface area contributed by atoms with Crippen LogP contribution in [0.15, 0.2) is 58.3 Å². The van der Waals surface area contributed by atoms with E-state index in [1.54, 1.807) is 0 Å². The van der Waals surface area contributed by atoms with Crippen LogP contribution < -0.4 is 0 Å². The Hall–Kier alpha value is -2.05. The van der Waals surface area contributed by atoms with Crippen molar-refractivity contribution in [2.75, 3.05) is 0 Å². The van der Waals surface area contributed by atoms with Crippen LogP contribution in [0.3, 0.4) is 0 Å². The predicted molar refractivity (Wildman–Crippen MR) is 72.3 cm³/mol. The van der Waals surface area contributed by atoms with E-state index in [0.717, 1.165) is 24.3 Å². The first-order chi connectivity index (χ1) is 9.85. The summed E-state index contributed by atoms with van der Waals surface area (Å²) in [7, 11) is -4.25. The molecule has 2 N–H and O–H groups in total. The molecule has 0 amide bonds. The molecule has 0 saturated heterocycles. The first kappa shape index (κ1) is 18.0. The summed E-state index contributed by atoms with van der Waals surface area (Å²) in [4.78, 5) is 21.4. The number of benzene rings is 2. The molecule has 8 heteroatoms. The average molecular weight is 372 g/mol. The van der Waals surface area contributed by atoms with E-state index in [1.807, 2.05) is 0 Å². The van der Waals surface area contributed by atoms with E-state index < -0.39 is 42.7 Å². The van der Waals surface area contributed by atoms with Crippen molar-refractivity contribution in [2.24, 2.45) is 0 Å². The number of hydrogen-bond donors (Lipinski definition) is 2. The van der Waals surface area contributed by atoms with Gasteiger partial charge in [0.1, 0.15) is 0 Å². The Labute approximate surface area is 139 Å². The van der Waals surface area contributed by atoms with Crippen LogP contribution in [0.4, 0.5) is 0 Å². The Morgan fingerprint density at radius 3 is 1.36 bits per heavy atom. The molecule has 2 aromatic rings. The maximum absolute atomic E-state index is 12.6. The van der Waals surface area contributed by atoms with Crippen molar-refractivity contribution in [3.05, 3.63) is 59.7 Å². The van der Waals surface area contributed by atoms with Gasteiger partial charge in [0, 0.05) is 19.5 Å². The topological polar surface area (TPSA) is 109 Å². The zero-order valence-electron chi connectivity index (χ0n) is 11.3. The molecule has 0 aliphatic heterocycles. The van der Waals surface area contributed by atoms with E-state index in [0.29, 0.717) is 0 Å². The van der Waals surface area contributed by atoms with Crippen LogP contribution in [0.2, 0.25) is 0 Å². The van der Waals surface area contributed by atoms with Gasteiger partial charge in [0.15, 0.2) is 0 Å². The minimum absolute atomic E-state index is 0. The molecule has 2 rings (SSSR count).